The third-order valence-corrected chi connectivity index (χ3v) is 1.52. The van der Waals surface area contributed by atoms with Crippen LogP contribution in [0, 0.1) is 0 Å². The maximum Gasteiger partial charge on any atom is 0.326 e. The third-order valence-electron chi connectivity index (χ3n) is 1.52. The summed E-state index contributed by atoms with van der Waals surface area (Å²) >= 11 is 0. The van der Waals surface area contributed by atoms with Gasteiger partial charge in [0.15, 0.2) is 0 Å². The van der Waals surface area contributed by atoms with E-state index in [1.54, 1.807) is 31.3 Å². The summed E-state index contributed by atoms with van der Waals surface area (Å²) in [5, 5.41) is 11.2. The monoisotopic (exact) mass is 162 g/mol. The molecule has 0 saturated heterocycles. The first kappa shape index (κ1) is 8.81. The van der Waals surface area contributed by atoms with E-state index >= 15 is 0 Å². The van der Waals surface area contributed by atoms with Crippen LogP contribution in [0.5, 0.6) is 0 Å². The van der Waals surface area contributed by atoms with Crippen LogP contribution in [-0.2, 0) is 0 Å². The van der Waals surface area contributed by atoms with Crippen LogP contribution in [0.3, 0.4) is 0 Å². The average molecular weight is 162 g/mol. The third kappa shape index (κ3) is 1.86. The molecule has 0 aliphatic carbocycles. The number of hydrogen-bond acceptors (Lipinski definition) is 2. The smallest absolute Gasteiger partial charge is 0.326 e. The van der Waals surface area contributed by atoms with Gasteiger partial charge in [0, 0.05) is 12.6 Å². The van der Waals surface area contributed by atoms with Gasteiger partial charge in [0.2, 0.25) is 0 Å². The van der Waals surface area contributed by atoms with E-state index in [0.717, 1.165) is 7.48 Å². The molecule has 0 spiro atoms. The molecule has 2 N–H and O–H groups in total. The van der Waals surface area contributed by atoms with Crippen molar-refractivity contribution in [1.82, 2.24) is 5.32 Å². The molecule has 4 heteroatoms. The molecule has 0 aliphatic heterocycles. The fourth-order valence-corrected chi connectivity index (χ4v) is 0.905. The highest BCUT2D eigenvalue weighted by Crippen LogP contribution is 1.94. The van der Waals surface area contributed by atoms with E-state index in [0.29, 0.717) is 11.0 Å². The van der Waals surface area contributed by atoms with Gasteiger partial charge in [0.1, 0.15) is 0 Å². The molecule has 12 heavy (non-hydrogen) atoms. The molecule has 61 valence electrons. The zero-order valence-electron chi connectivity index (χ0n) is 6.74. The van der Waals surface area contributed by atoms with E-state index in [1.807, 2.05) is 0 Å². The summed E-state index contributed by atoms with van der Waals surface area (Å²) in [6, 6.07) is 6.73. The minimum absolute atomic E-state index is 0.154. The van der Waals surface area contributed by atoms with E-state index < -0.39 is 0 Å². The second-order valence-electron chi connectivity index (χ2n) is 2.33. The van der Waals surface area contributed by atoms with Crippen LogP contribution >= 0.6 is 0 Å². The van der Waals surface area contributed by atoms with Gasteiger partial charge >= 0.3 is 7.48 Å². The number of rotatable bonds is 2. The Labute approximate surface area is 71.7 Å². The Bertz CT molecular complexity index is 288. The molecule has 3 nitrogen and oxygen atoms in total. The summed E-state index contributed by atoms with van der Waals surface area (Å²) in [7, 11) is 2.53. The quantitative estimate of drug-likeness (QED) is 0.564. The first-order valence-electron chi connectivity index (χ1n) is 3.57. The summed E-state index contributed by atoms with van der Waals surface area (Å²) < 4.78 is 0. The van der Waals surface area contributed by atoms with Crippen LogP contribution in [-0.4, -0.2) is 25.5 Å². The van der Waals surface area contributed by atoms with E-state index in [1.165, 1.54) is 0 Å². The second-order valence-corrected chi connectivity index (χ2v) is 2.33. The van der Waals surface area contributed by atoms with Gasteiger partial charge in [0.25, 0.3) is 5.91 Å². The zero-order valence-corrected chi connectivity index (χ0v) is 6.74. The number of nitrogens with one attached hydrogen (secondary N) is 1. The lowest BCUT2D eigenvalue weighted by molar-refractivity contribution is 0.0963. The highest BCUT2D eigenvalue weighted by Gasteiger charge is 2.02. The average Bonchev–Trinajstić information content (AvgIpc) is 2.17. The number of carbonyl (C=O) groups is 1. The van der Waals surface area contributed by atoms with Crippen LogP contribution in [0.15, 0.2) is 24.3 Å². The maximum atomic E-state index is 11.1. The van der Waals surface area contributed by atoms with Gasteiger partial charge in [-0.15, -0.1) is 0 Å². The molecule has 0 saturated carbocycles. The normalized spacial score (nSPS) is 9.17. The van der Waals surface area contributed by atoms with E-state index in [-0.39, 0.29) is 5.91 Å². The summed E-state index contributed by atoms with van der Waals surface area (Å²) in [5.41, 5.74) is 1.16. The van der Waals surface area contributed by atoms with Crippen LogP contribution in [0.4, 0.5) is 0 Å². The van der Waals surface area contributed by atoms with Gasteiger partial charge in [-0.3, -0.25) is 4.79 Å². The van der Waals surface area contributed by atoms with Crippen molar-refractivity contribution in [3.05, 3.63) is 29.8 Å². The molecule has 1 rings (SSSR count). The molecular weight excluding hydrogens is 153 g/mol. The van der Waals surface area contributed by atoms with Gasteiger partial charge in [-0.2, -0.15) is 0 Å². The molecule has 1 aromatic carbocycles. The Balaban J connectivity index is 2.93. The van der Waals surface area contributed by atoms with Crippen molar-refractivity contribution in [2.75, 3.05) is 7.05 Å². The van der Waals surface area contributed by atoms with Crippen molar-refractivity contribution < 1.29 is 9.82 Å². The van der Waals surface area contributed by atoms with Crippen molar-refractivity contribution in [1.29, 1.82) is 0 Å². The van der Waals surface area contributed by atoms with Crippen LogP contribution < -0.4 is 10.8 Å². The molecule has 0 heterocycles. The lowest BCUT2D eigenvalue weighted by atomic mass is 9.87. The lowest BCUT2D eigenvalue weighted by Gasteiger charge is -2.00. The molecule has 1 radical (unpaired) electrons. The van der Waals surface area contributed by atoms with E-state index in [9.17, 15) is 4.79 Å². The van der Waals surface area contributed by atoms with E-state index in [4.69, 9.17) is 5.02 Å². The highest BCUT2D eigenvalue weighted by atomic mass is 16.2. The highest BCUT2D eigenvalue weighted by molar-refractivity contribution is 6.45. The predicted octanol–water partition coefficient (Wildman–Crippen LogP) is -0.717. The molecule has 0 bridgehead atoms. The summed E-state index contributed by atoms with van der Waals surface area (Å²) in [4.78, 5) is 11.1. The van der Waals surface area contributed by atoms with Gasteiger partial charge < -0.3 is 10.3 Å². The Morgan fingerprint density at radius 2 is 2.33 bits per heavy atom. The molecule has 0 aromatic heterocycles. The largest absolute Gasteiger partial charge is 0.450 e. The minimum atomic E-state index is -0.154. The summed E-state index contributed by atoms with van der Waals surface area (Å²) in [6.45, 7) is 0. The SMILES string of the molecule is CNC(=O)c1cccc([B]O)c1. The van der Waals surface area contributed by atoms with Crippen molar-refractivity contribution in [2.24, 2.45) is 0 Å². The van der Waals surface area contributed by atoms with Gasteiger partial charge in [-0.25, -0.2) is 0 Å². The summed E-state index contributed by atoms with van der Waals surface area (Å²) in [6.07, 6.45) is 0. The van der Waals surface area contributed by atoms with Gasteiger partial charge in [0.05, 0.1) is 0 Å². The summed E-state index contributed by atoms with van der Waals surface area (Å²) in [5.74, 6) is -0.154. The molecule has 0 fully saturated rings. The van der Waals surface area contributed by atoms with Crippen LogP contribution in [0.1, 0.15) is 10.4 Å². The van der Waals surface area contributed by atoms with Crippen molar-refractivity contribution in [3.8, 4) is 0 Å². The van der Waals surface area contributed by atoms with Gasteiger partial charge in [-0.05, 0) is 6.07 Å². The van der Waals surface area contributed by atoms with Crippen LogP contribution in [0.25, 0.3) is 0 Å². The number of hydrogen-bond donors (Lipinski definition) is 2. The Kier molecular flexibility index (Phi) is 2.88. The second kappa shape index (κ2) is 3.92. The number of carbonyl (C=O) groups excluding carboxylic acids is 1. The Morgan fingerprint density at radius 3 is 2.92 bits per heavy atom. The first-order chi connectivity index (χ1) is 5.77. The fourth-order valence-electron chi connectivity index (χ4n) is 0.905. The molecule has 1 aromatic rings. The zero-order chi connectivity index (χ0) is 8.97. The fraction of sp³-hybridized carbons (Fsp3) is 0.125. The Morgan fingerprint density at radius 1 is 1.58 bits per heavy atom. The number of amides is 1. The van der Waals surface area contributed by atoms with Crippen molar-refractivity contribution in [2.45, 2.75) is 0 Å². The van der Waals surface area contributed by atoms with Crippen molar-refractivity contribution >= 4 is 18.9 Å². The number of benzene rings is 1. The molecule has 0 unspecified atom stereocenters. The molecule has 0 atom stereocenters. The molecule has 1 amide bonds. The lowest BCUT2D eigenvalue weighted by Crippen LogP contribution is -2.21. The van der Waals surface area contributed by atoms with Gasteiger partial charge in [-0.1, -0.05) is 23.7 Å². The molecular formula is C8H9BNO2. The van der Waals surface area contributed by atoms with E-state index in [2.05, 4.69) is 5.32 Å². The standard InChI is InChI=1S/C8H9BNO2/c1-10-8(11)6-3-2-4-7(5-6)9-12/h2-5,12H,1H3,(H,10,11). The predicted molar refractivity (Wildman–Crippen MR) is 47.4 cm³/mol. The minimum Gasteiger partial charge on any atom is -0.450 e. The first-order valence-corrected chi connectivity index (χ1v) is 3.57. The Hall–Kier alpha value is -1.29. The van der Waals surface area contributed by atoms with Crippen LogP contribution in [0.2, 0.25) is 0 Å². The molecule has 0 aliphatic rings. The maximum absolute atomic E-state index is 11.1. The van der Waals surface area contributed by atoms with Crippen molar-refractivity contribution in [3.63, 3.8) is 0 Å². The topological polar surface area (TPSA) is 49.3 Å².